The van der Waals surface area contributed by atoms with Gasteiger partial charge in [-0.2, -0.15) is 0 Å². The summed E-state index contributed by atoms with van der Waals surface area (Å²) in [5.74, 6) is 0.548. The van der Waals surface area contributed by atoms with E-state index in [1.165, 1.54) is 6.08 Å². The maximum atomic E-state index is 12.7. The third-order valence-corrected chi connectivity index (χ3v) is 5.89. The first kappa shape index (κ1) is 21.2. The molecule has 6 heteroatoms. The number of ether oxygens (including phenoxy) is 3. The predicted molar refractivity (Wildman–Crippen MR) is 111 cm³/mol. The van der Waals surface area contributed by atoms with Crippen molar-refractivity contribution in [3.8, 4) is 11.5 Å². The molecule has 158 valence electrons. The van der Waals surface area contributed by atoms with Crippen molar-refractivity contribution in [3.05, 3.63) is 29.8 Å². The third-order valence-electron chi connectivity index (χ3n) is 5.89. The Hall–Kier alpha value is -2.50. The number of fused-ring (bicyclic) bond motifs is 2. The SMILES string of the molecule is COc1ccc(/C=C/C(=O)OCC(=O)N2C[C@@]3(C)C[C@H]2CC(C)(C)C3)cc1OC. The molecule has 3 rings (SSSR count). The number of hydrogen-bond donors (Lipinski definition) is 0. The van der Waals surface area contributed by atoms with Gasteiger partial charge in [0.15, 0.2) is 18.1 Å². The molecular weight excluding hydrogens is 370 g/mol. The molecule has 0 aromatic heterocycles. The zero-order valence-corrected chi connectivity index (χ0v) is 18.0. The van der Waals surface area contributed by atoms with E-state index in [2.05, 4.69) is 20.8 Å². The lowest BCUT2D eigenvalue weighted by Gasteiger charge is -2.39. The lowest BCUT2D eigenvalue weighted by atomic mass is 9.65. The molecule has 6 nitrogen and oxygen atoms in total. The molecular formula is C23H31NO5. The van der Waals surface area contributed by atoms with Gasteiger partial charge in [-0.25, -0.2) is 4.79 Å². The van der Waals surface area contributed by atoms with Gasteiger partial charge >= 0.3 is 5.97 Å². The fourth-order valence-electron chi connectivity index (χ4n) is 5.14. The number of methoxy groups -OCH3 is 2. The highest BCUT2D eigenvalue weighted by Crippen LogP contribution is 2.52. The van der Waals surface area contributed by atoms with Crippen LogP contribution in [0.1, 0.15) is 45.6 Å². The number of hydrogen-bond acceptors (Lipinski definition) is 5. The Balaban J connectivity index is 1.54. The molecule has 1 saturated carbocycles. The molecule has 1 aliphatic carbocycles. The molecule has 29 heavy (non-hydrogen) atoms. The molecule has 2 fully saturated rings. The van der Waals surface area contributed by atoms with Crippen molar-refractivity contribution < 1.29 is 23.8 Å². The number of nitrogens with zero attached hydrogens (tertiary/aromatic N) is 1. The van der Waals surface area contributed by atoms with Crippen LogP contribution in [0.15, 0.2) is 24.3 Å². The van der Waals surface area contributed by atoms with Gasteiger partial charge in [-0.1, -0.05) is 26.8 Å². The van der Waals surface area contributed by atoms with Crippen molar-refractivity contribution in [1.29, 1.82) is 0 Å². The smallest absolute Gasteiger partial charge is 0.331 e. The lowest BCUT2D eigenvalue weighted by molar-refractivity contribution is -0.148. The molecule has 2 bridgehead atoms. The van der Waals surface area contributed by atoms with Gasteiger partial charge in [0, 0.05) is 18.7 Å². The van der Waals surface area contributed by atoms with Crippen molar-refractivity contribution in [1.82, 2.24) is 4.90 Å². The summed E-state index contributed by atoms with van der Waals surface area (Å²) >= 11 is 0. The van der Waals surface area contributed by atoms with Crippen molar-refractivity contribution in [3.63, 3.8) is 0 Å². The van der Waals surface area contributed by atoms with Crippen LogP contribution in [0.25, 0.3) is 6.08 Å². The van der Waals surface area contributed by atoms with Crippen LogP contribution in [-0.4, -0.2) is 50.2 Å². The van der Waals surface area contributed by atoms with E-state index >= 15 is 0 Å². The monoisotopic (exact) mass is 401 g/mol. The molecule has 0 unspecified atom stereocenters. The van der Waals surface area contributed by atoms with Crippen LogP contribution in [0.2, 0.25) is 0 Å². The maximum Gasteiger partial charge on any atom is 0.331 e. The Morgan fingerprint density at radius 2 is 1.86 bits per heavy atom. The Bertz CT molecular complexity index is 815. The second-order valence-electron chi connectivity index (χ2n) is 9.29. The molecule has 1 saturated heterocycles. The van der Waals surface area contributed by atoms with E-state index in [9.17, 15) is 9.59 Å². The van der Waals surface area contributed by atoms with Crippen LogP contribution in [0.4, 0.5) is 0 Å². The van der Waals surface area contributed by atoms with Crippen LogP contribution in [0.5, 0.6) is 11.5 Å². The molecule has 1 aromatic rings. The molecule has 1 heterocycles. The highest BCUT2D eigenvalue weighted by molar-refractivity contribution is 5.89. The van der Waals surface area contributed by atoms with E-state index < -0.39 is 5.97 Å². The third kappa shape index (κ3) is 4.92. The predicted octanol–water partition coefficient (Wildman–Crippen LogP) is 3.69. The minimum absolute atomic E-state index is 0.107. The van der Waals surface area contributed by atoms with Gasteiger partial charge < -0.3 is 19.1 Å². The van der Waals surface area contributed by atoms with Crippen molar-refractivity contribution in [2.45, 2.75) is 46.1 Å². The average Bonchev–Trinajstić information content (AvgIpc) is 2.92. The Kier molecular flexibility index (Phi) is 5.92. The molecule has 0 radical (unpaired) electrons. The van der Waals surface area contributed by atoms with E-state index in [0.29, 0.717) is 11.5 Å². The van der Waals surface area contributed by atoms with Crippen LogP contribution < -0.4 is 9.47 Å². The summed E-state index contributed by atoms with van der Waals surface area (Å²) in [5.41, 5.74) is 1.18. The number of amides is 1. The van der Waals surface area contributed by atoms with Crippen molar-refractivity contribution >= 4 is 18.0 Å². The first-order chi connectivity index (χ1) is 13.6. The average molecular weight is 402 g/mol. The minimum Gasteiger partial charge on any atom is -0.493 e. The minimum atomic E-state index is -0.540. The van der Waals surface area contributed by atoms with E-state index in [-0.39, 0.29) is 29.4 Å². The Morgan fingerprint density at radius 1 is 1.14 bits per heavy atom. The first-order valence-corrected chi connectivity index (χ1v) is 10.0. The summed E-state index contributed by atoms with van der Waals surface area (Å²) in [6.45, 7) is 7.32. The lowest BCUT2D eigenvalue weighted by Crippen LogP contribution is -2.39. The van der Waals surface area contributed by atoms with Crippen LogP contribution >= 0.6 is 0 Å². The van der Waals surface area contributed by atoms with Gasteiger partial charge in [-0.05, 0) is 53.9 Å². The standard InChI is InChI=1S/C23H31NO5/c1-22(2)11-17-12-23(3,14-22)15-24(17)20(25)13-29-21(26)9-7-16-6-8-18(27-4)19(10-16)28-5/h6-10,17H,11-15H2,1-5H3/b9-7+/t17-,23+/m1/s1. The number of esters is 1. The van der Waals surface area contributed by atoms with E-state index in [0.717, 1.165) is 31.4 Å². The van der Waals surface area contributed by atoms with E-state index in [1.807, 2.05) is 11.0 Å². The fourth-order valence-corrected chi connectivity index (χ4v) is 5.14. The number of carbonyl (C=O) groups excluding carboxylic acids is 2. The molecule has 2 atom stereocenters. The van der Waals surface area contributed by atoms with Crippen molar-refractivity contribution in [2.75, 3.05) is 27.4 Å². The summed E-state index contributed by atoms with van der Waals surface area (Å²) in [5, 5.41) is 0. The summed E-state index contributed by atoms with van der Waals surface area (Å²) in [7, 11) is 3.12. The largest absolute Gasteiger partial charge is 0.493 e. The highest BCUT2D eigenvalue weighted by Gasteiger charge is 2.50. The number of carbonyl (C=O) groups is 2. The topological polar surface area (TPSA) is 65.1 Å². The first-order valence-electron chi connectivity index (χ1n) is 10.0. The summed E-state index contributed by atoms with van der Waals surface area (Å²) in [4.78, 5) is 26.7. The zero-order chi connectivity index (χ0) is 21.2. The van der Waals surface area contributed by atoms with Gasteiger partial charge in [0.1, 0.15) is 0 Å². The molecule has 1 aliphatic heterocycles. The number of rotatable bonds is 6. The second kappa shape index (κ2) is 8.09. The highest BCUT2D eigenvalue weighted by atomic mass is 16.5. The molecule has 2 aliphatic rings. The van der Waals surface area contributed by atoms with E-state index in [4.69, 9.17) is 14.2 Å². The van der Waals surface area contributed by atoms with Crippen LogP contribution in [0, 0.1) is 10.8 Å². The summed E-state index contributed by atoms with van der Waals surface area (Å²) in [6, 6.07) is 5.59. The molecule has 1 amide bonds. The van der Waals surface area contributed by atoms with E-state index in [1.54, 1.807) is 32.4 Å². The van der Waals surface area contributed by atoms with Gasteiger partial charge in [0.05, 0.1) is 14.2 Å². The van der Waals surface area contributed by atoms with Gasteiger partial charge in [0.25, 0.3) is 5.91 Å². The molecule has 0 N–H and O–H groups in total. The van der Waals surface area contributed by atoms with Crippen molar-refractivity contribution in [2.24, 2.45) is 10.8 Å². The van der Waals surface area contributed by atoms with Crippen LogP contribution in [-0.2, 0) is 14.3 Å². The summed E-state index contributed by atoms with van der Waals surface area (Å²) in [6.07, 6.45) is 6.10. The van der Waals surface area contributed by atoms with Gasteiger partial charge in [-0.3, -0.25) is 4.79 Å². The van der Waals surface area contributed by atoms with Gasteiger partial charge in [-0.15, -0.1) is 0 Å². The second-order valence-corrected chi connectivity index (χ2v) is 9.29. The Labute approximate surface area is 172 Å². The molecule has 1 aromatic carbocycles. The fraction of sp³-hybridized carbons (Fsp3) is 0.565. The zero-order valence-electron chi connectivity index (χ0n) is 18.0. The maximum absolute atomic E-state index is 12.7. The van der Waals surface area contributed by atoms with Crippen LogP contribution in [0.3, 0.4) is 0 Å². The summed E-state index contributed by atoms with van der Waals surface area (Å²) < 4.78 is 15.6. The normalized spacial score (nSPS) is 25.1. The number of likely N-dealkylation sites (tertiary alicyclic amines) is 1. The quantitative estimate of drug-likeness (QED) is 0.537. The Morgan fingerprint density at radius 3 is 2.55 bits per heavy atom. The van der Waals surface area contributed by atoms with Gasteiger partial charge in [0.2, 0.25) is 0 Å². The molecule has 0 spiro atoms. The number of benzene rings is 1.